The number of hydrogen-bond donors (Lipinski definition) is 0. The van der Waals surface area contributed by atoms with Crippen molar-refractivity contribution in [1.82, 2.24) is 4.90 Å². The molecule has 2 fully saturated rings. The van der Waals surface area contributed by atoms with Crippen LogP contribution in [-0.4, -0.2) is 24.0 Å². The summed E-state index contributed by atoms with van der Waals surface area (Å²) in [6.45, 7) is 2.29. The van der Waals surface area contributed by atoms with Crippen molar-refractivity contribution in [2.75, 3.05) is 7.05 Å². The van der Waals surface area contributed by atoms with Gasteiger partial charge in [0, 0.05) is 12.1 Å². The molecule has 0 aromatic rings. The summed E-state index contributed by atoms with van der Waals surface area (Å²) in [5.41, 5.74) is 0. The molecule has 0 aromatic heterocycles. The maximum Gasteiger partial charge on any atom is 0.0672 e. The van der Waals surface area contributed by atoms with Crippen LogP contribution in [0.4, 0.5) is 0 Å². The van der Waals surface area contributed by atoms with E-state index in [2.05, 4.69) is 24.9 Å². The molecule has 2 aliphatic rings. The molecule has 0 heterocycles. The number of hydrogen-bond acceptors (Lipinski definition) is 2. The first-order chi connectivity index (χ1) is 9.76. The van der Waals surface area contributed by atoms with Gasteiger partial charge in [0.2, 0.25) is 0 Å². The van der Waals surface area contributed by atoms with Crippen molar-refractivity contribution in [2.45, 2.75) is 89.6 Å². The van der Waals surface area contributed by atoms with Gasteiger partial charge in [0.05, 0.1) is 12.0 Å². The van der Waals surface area contributed by atoms with Gasteiger partial charge in [-0.2, -0.15) is 5.26 Å². The molecule has 2 aliphatic carbocycles. The fraction of sp³-hybridized carbons (Fsp3) is 0.944. The molecule has 20 heavy (non-hydrogen) atoms. The summed E-state index contributed by atoms with van der Waals surface area (Å²) in [5, 5.41) is 9.50. The van der Waals surface area contributed by atoms with E-state index in [-0.39, 0.29) is 5.92 Å². The Morgan fingerprint density at radius 2 is 1.75 bits per heavy atom. The van der Waals surface area contributed by atoms with Crippen LogP contribution < -0.4 is 0 Å². The average Bonchev–Trinajstić information content (AvgIpc) is 2.76. The van der Waals surface area contributed by atoms with Crippen LogP contribution >= 0.6 is 0 Å². The zero-order chi connectivity index (χ0) is 14.4. The summed E-state index contributed by atoms with van der Waals surface area (Å²) in [6, 6.07) is 3.87. The van der Waals surface area contributed by atoms with E-state index < -0.39 is 0 Å². The first-order valence-electron chi connectivity index (χ1n) is 8.87. The monoisotopic (exact) mass is 276 g/mol. The van der Waals surface area contributed by atoms with Gasteiger partial charge in [-0.25, -0.2) is 0 Å². The van der Waals surface area contributed by atoms with E-state index in [9.17, 15) is 5.26 Å². The smallest absolute Gasteiger partial charge is 0.0672 e. The largest absolute Gasteiger partial charge is 0.299 e. The lowest BCUT2D eigenvalue weighted by atomic mass is 9.76. The van der Waals surface area contributed by atoms with Gasteiger partial charge in [0.25, 0.3) is 0 Å². The quantitative estimate of drug-likeness (QED) is 0.693. The summed E-state index contributed by atoms with van der Waals surface area (Å²) in [5.74, 6) is 1.14. The third-order valence-electron chi connectivity index (χ3n) is 5.71. The Morgan fingerprint density at radius 3 is 2.35 bits per heavy atom. The first-order valence-corrected chi connectivity index (χ1v) is 8.87. The van der Waals surface area contributed by atoms with Gasteiger partial charge in [-0.3, -0.25) is 4.90 Å². The van der Waals surface area contributed by atoms with Gasteiger partial charge >= 0.3 is 0 Å². The average molecular weight is 276 g/mol. The van der Waals surface area contributed by atoms with Gasteiger partial charge in [-0.15, -0.1) is 0 Å². The van der Waals surface area contributed by atoms with Crippen LogP contribution in [0.3, 0.4) is 0 Å². The topological polar surface area (TPSA) is 27.0 Å². The molecular weight excluding hydrogens is 244 g/mol. The highest BCUT2D eigenvalue weighted by molar-refractivity contribution is 4.98. The first kappa shape index (κ1) is 15.8. The second-order valence-electron chi connectivity index (χ2n) is 7.08. The summed E-state index contributed by atoms with van der Waals surface area (Å²) in [7, 11) is 2.30. The van der Waals surface area contributed by atoms with E-state index in [1.165, 1.54) is 64.2 Å². The van der Waals surface area contributed by atoms with E-state index >= 15 is 0 Å². The van der Waals surface area contributed by atoms with Gasteiger partial charge in [-0.1, -0.05) is 45.4 Å². The highest BCUT2D eigenvalue weighted by atomic mass is 15.2. The van der Waals surface area contributed by atoms with Crippen LogP contribution in [-0.2, 0) is 0 Å². The minimum Gasteiger partial charge on any atom is -0.299 e. The number of nitrogens with zero attached hydrogens (tertiary/aromatic N) is 2. The van der Waals surface area contributed by atoms with Gasteiger partial charge < -0.3 is 0 Å². The third kappa shape index (κ3) is 3.98. The Morgan fingerprint density at radius 1 is 1.05 bits per heavy atom. The van der Waals surface area contributed by atoms with E-state index in [4.69, 9.17) is 0 Å². The van der Waals surface area contributed by atoms with Crippen LogP contribution in [0.5, 0.6) is 0 Å². The molecule has 2 rings (SSSR count). The molecule has 0 aromatic carbocycles. The van der Waals surface area contributed by atoms with E-state index in [0.717, 1.165) is 18.4 Å². The summed E-state index contributed by atoms with van der Waals surface area (Å²) in [6.07, 6.45) is 14.6. The van der Waals surface area contributed by atoms with Crippen molar-refractivity contribution in [2.24, 2.45) is 11.8 Å². The van der Waals surface area contributed by atoms with Crippen LogP contribution in [0, 0.1) is 23.2 Å². The standard InChI is InChI=1S/C18H32N2/c1-3-8-15-11-12-16(14-19)18(13-15)20(2)17-9-6-4-5-7-10-17/h15-18H,3-13H2,1-2H3. The van der Waals surface area contributed by atoms with Crippen LogP contribution in [0.1, 0.15) is 77.6 Å². The SMILES string of the molecule is CCCC1CCC(C#N)C(N(C)C2CCCCCC2)C1. The molecule has 0 saturated heterocycles. The molecule has 114 valence electrons. The van der Waals surface area contributed by atoms with Crippen LogP contribution in [0.15, 0.2) is 0 Å². The Bertz CT molecular complexity index is 312. The predicted octanol–water partition coefficient (Wildman–Crippen LogP) is 4.75. The Labute approximate surface area is 125 Å². The van der Waals surface area contributed by atoms with Crippen molar-refractivity contribution in [3.05, 3.63) is 0 Å². The fourth-order valence-corrected chi connectivity index (χ4v) is 4.44. The highest BCUT2D eigenvalue weighted by Crippen LogP contribution is 2.36. The molecule has 3 unspecified atom stereocenters. The highest BCUT2D eigenvalue weighted by Gasteiger charge is 2.35. The lowest BCUT2D eigenvalue weighted by Crippen LogP contribution is -2.47. The lowest BCUT2D eigenvalue weighted by Gasteiger charge is -2.42. The maximum absolute atomic E-state index is 9.50. The van der Waals surface area contributed by atoms with Gasteiger partial charge in [-0.05, 0) is 45.1 Å². The predicted molar refractivity (Wildman–Crippen MR) is 84.4 cm³/mol. The summed E-state index contributed by atoms with van der Waals surface area (Å²) >= 11 is 0. The van der Waals surface area contributed by atoms with Crippen molar-refractivity contribution < 1.29 is 0 Å². The van der Waals surface area contributed by atoms with Crippen molar-refractivity contribution in [1.29, 1.82) is 5.26 Å². The second kappa shape index (κ2) is 8.03. The molecular formula is C18H32N2. The van der Waals surface area contributed by atoms with Crippen molar-refractivity contribution >= 4 is 0 Å². The van der Waals surface area contributed by atoms with Crippen LogP contribution in [0.25, 0.3) is 0 Å². The zero-order valence-electron chi connectivity index (χ0n) is 13.5. The molecule has 0 amide bonds. The summed E-state index contributed by atoms with van der Waals surface area (Å²) in [4.78, 5) is 2.61. The molecule has 3 atom stereocenters. The molecule has 0 spiro atoms. The minimum absolute atomic E-state index is 0.274. The maximum atomic E-state index is 9.50. The normalized spacial score (nSPS) is 32.8. The van der Waals surface area contributed by atoms with Crippen molar-refractivity contribution in [3.63, 3.8) is 0 Å². The second-order valence-corrected chi connectivity index (χ2v) is 7.08. The molecule has 2 heteroatoms. The minimum atomic E-state index is 0.274. The van der Waals surface area contributed by atoms with Gasteiger partial charge in [0.1, 0.15) is 0 Å². The molecule has 0 bridgehead atoms. The van der Waals surface area contributed by atoms with Crippen molar-refractivity contribution in [3.8, 4) is 6.07 Å². The summed E-state index contributed by atoms with van der Waals surface area (Å²) < 4.78 is 0. The molecule has 0 aliphatic heterocycles. The molecule has 0 radical (unpaired) electrons. The number of nitriles is 1. The molecule has 0 N–H and O–H groups in total. The Hall–Kier alpha value is -0.550. The Balaban J connectivity index is 1.99. The zero-order valence-corrected chi connectivity index (χ0v) is 13.5. The van der Waals surface area contributed by atoms with E-state index in [0.29, 0.717) is 6.04 Å². The molecule has 2 nitrogen and oxygen atoms in total. The van der Waals surface area contributed by atoms with E-state index in [1.807, 2.05) is 0 Å². The lowest BCUT2D eigenvalue weighted by molar-refractivity contribution is 0.0776. The van der Waals surface area contributed by atoms with Gasteiger partial charge in [0.15, 0.2) is 0 Å². The molecule has 2 saturated carbocycles. The van der Waals surface area contributed by atoms with Crippen LogP contribution in [0.2, 0.25) is 0 Å². The number of rotatable bonds is 4. The Kier molecular flexibility index (Phi) is 6.36. The fourth-order valence-electron chi connectivity index (χ4n) is 4.44. The third-order valence-corrected chi connectivity index (χ3v) is 5.71. The van der Waals surface area contributed by atoms with E-state index in [1.54, 1.807) is 0 Å².